The van der Waals surface area contributed by atoms with Crippen LogP contribution in [0, 0.1) is 12.8 Å². The van der Waals surface area contributed by atoms with Crippen molar-refractivity contribution < 1.29 is 4.74 Å². The minimum Gasteiger partial charge on any atom is -0.496 e. The van der Waals surface area contributed by atoms with Crippen LogP contribution in [0.15, 0.2) is 18.2 Å². The van der Waals surface area contributed by atoms with Crippen molar-refractivity contribution in [1.82, 2.24) is 5.32 Å². The first-order valence-electron chi connectivity index (χ1n) is 7.23. The molecule has 1 aromatic carbocycles. The summed E-state index contributed by atoms with van der Waals surface area (Å²) >= 11 is 0. The van der Waals surface area contributed by atoms with Crippen molar-refractivity contribution in [3.8, 4) is 5.75 Å². The fraction of sp³-hybridized carbons (Fsp3) is 0.625. The van der Waals surface area contributed by atoms with Crippen molar-refractivity contribution in [2.75, 3.05) is 31.6 Å². The van der Waals surface area contributed by atoms with E-state index >= 15 is 0 Å². The second-order valence-electron chi connectivity index (χ2n) is 5.80. The van der Waals surface area contributed by atoms with Crippen LogP contribution in [0.3, 0.4) is 0 Å². The number of hydrogen-bond donors (Lipinski definition) is 1. The number of rotatable bonds is 2. The second kappa shape index (κ2) is 6.29. The molecule has 2 unspecified atom stereocenters. The Labute approximate surface area is 116 Å². The summed E-state index contributed by atoms with van der Waals surface area (Å²) in [5.74, 6) is 1.64. The maximum absolute atomic E-state index is 5.34. The first-order chi connectivity index (χ1) is 9.10. The van der Waals surface area contributed by atoms with Crippen LogP contribution < -0.4 is 15.0 Å². The van der Waals surface area contributed by atoms with Crippen molar-refractivity contribution in [3.05, 3.63) is 23.8 Å². The smallest absolute Gasteiger partial charge is 0.121 e. The molecule has 0 spiro atoms. The summed E-state index contributed by atoms with van der Waals surface area (Å²) in [6, 6.07) is 7.10. The first kappa shape index (κ1) is 14.2. The Morgan fingerprint density at radius 3 is 2.79 bits per heavy atom. The Morgan fingerprint density at radius 2 is 2.11 bits per heavy atom. The normalized spacial score (nSPS) is 24.7. The minimum absolute atomic E-state index is 0.601. The summed E-state index contributed by atoms with van der Waals surface area (Å²) < 4.78 is 5.34. The van der Waals surface area contributed by atoms with Gasteiger partial charge in [-0.1, -0.05) is 6.92 Å². The van der Waals surface area contributed by atoms with E-state index in [0.29, 0.717) is 12.0 Å². The Balaban J connectivity index is 2.16. The number of anilines is 1. The number of nitrogens with one attached hydrogen (secondary N) is 1. The molecule has 2 atom stereocenters. The van der Waals surface area contributed by atoms with Gasteiger partial charge in [-0.15, -0.1) is 0 Å². The van der Waals surface area contributed by atoms with E-state index in [-0.39, 0.29) is 0 Å². The lowest BCUT2D eigenvalue weighted by molar-refractivity contribution is 0.408. The molecule has 1 N–H and O–H groups in total. The van der Waals surface area contributed by atoms with Crippen LogP contribution in [-0.2, 0) is 0 Å². The zero-order valence-corrected chi connectivity index (χ0v) is 12.6. The van der Waals surface area contributed by atoms with E-state index in [0.717, 1.165) is 25.4 Å². The number of methoxy groups -OCH3 is 1. The van der Waals surface area contributed by atoms with Crippen LogP contribution in [0.25, 0.3) is 0 Å². The van der Waals surface area contributed by atoms with Crippen LogP contribution in [-0.4, -0.2) is 32.8 Å². The van der Waals surface area contributed by atoms with E-state index in [2.05, 4.69) is 49.2 Å². The highest BCUT2D eigenvalue weighted by Crippen LogP contribution is 2.25. The molecule has 106 valence electrons. The van der Waals surface area contributed by atoms with E-state index in [9.17, 15) is 0 Å². The van der Waals surface area contributed by atoms with Crippen LogP contribution in [0.5, 0.6) is 5.75 Å². The zero-order valence-electron chi connectivity index (χ0n) is 12.6. The molecule has 1 aromatic rings. The Kier molecular flexibility index (Phi) is 4.70. The zero-order chi connectivity index (χ0) is 13.8. The minimum atomic E-state index is 0.601. The lowest BCUT2D eigenvalue weighted by Crippen LogP contribution is -2.42. The van der Waals surface area contributed by atoms with Crippen LogP contribution in [0.4, 0.5) is 5.69 Å². The van der Waals surface area contributed by atoms with Crippen molar-refractivity contribution in [2.24, 2.45) is 5.92 Å². The molecular weight excluding hydrogens is 236 g/mol. The van der Waals surface area contributed by atoms with Crippen LogP contribution in [0.2, 0.25) is 0 Å². The van der Waals surface area contributed by atoms with Gasteiger partial charge in [-0.25, -0.2) is 0 Å². The van der Waals surface area contributed by atoms with Gasteiger partial charge in [0.25, 0.3) is 0 Å². The highest BCUT2D eigenvalue weighted by molar-refractivity contribution is 5.53. The molecule has 1 heterocycles. The van der Waals surface area contributed by atoms with Gasteiger partial charge in [0.05, 0.1) is 7.11 Å². The maximum Gasteiger partial charge on any atom is 0.121 e. The van der Waals surface area contributed by atoms with Gasteiger partial charge < -0.3 is 15.0 Å². The average molecular weight is 262 g/mol. The standard InChI is InChI=1S/C16H26N2O/c1-12-10-17-14(3)7-8-18(11-12)15-5-6-16(19-4)13(2)9-15/h5-6,9,12,14,17H,7-8,10-11H2,1-4H3. The van der Waals surface area contributed by atoms with E-state index in [4.69, 9.17) is 4.74 Å². The molecule has 1 aliphatic rings. The molecular formula is C16H26N2O. The summed E-state index contributed by atoms with van der Waals surface area (Å²) in [7, 11) is 1.73. The molecule has 0 aliphatic carbocycles. The average Bonchev–Trinajstić information content (AvgIpc) is 2.39. The van der Waals surface area contributed by atoms with Crippen LogP contribution >= 0.6 is 0 Å². The molecule has 19 heavy (non-hydrogen) atoms. The summed E-state index contributed by atoms with van der Waals surface area (Å²) in [5.41, 5.74) is 2.53. The highest BCUT2D eigenvalue weighted by Gasteiger charge is 2.17. The van der Waals surface area contributed by atoms with Gasteiger partial charge in [-0.05, 0) is 56.5 Å². The van der Waals surface area contributed by atoms with Crippen molar-refractivity contribution in [3.63, 3.8) is 0 Å². The highest BCUT2D eigenvalue weighted by atomic mass is 16.5. The summed E-state index contributed by atoms with van der Waals surface area (Å²) in [5, 5.41) is 3.59. The molecule has 1 aliphatic heterocycles. The first-order valence-corrected chi connectivity index (χ1v) is 7.23. The SMILES string of the molecule is COc1ccc(N2CCC(C)NCC(C)C2)cc1C. The second-order valence-corrected chi connectivity index (χ2v) is 5.80. The molecule has 0 aromatic heterocycles. The largest absolute Gasteiger partial charge is 0.496 e. The molecule has 3 heteroatoms. The molecule has 1 fully saturated rings. The van der Waals surface area contributed by atoms with Gasteiger partial charge in [0, 0.05) is 24.8 Å². The summed E-state index contributed by atoms with van der Waals surface area (Å²) in [4.78, 5) is 2.51. The lowest BCUT2D eigenvalue weighted by atomic mass is 10.1. The van der Waals surface area contributed by atoms with Crippen molar-refractivity contribution >= 4 is 5.69 Å². The Morgan fingerprint density at radius 1 is 1.32 bits per heavy atom. The molecule has 0 radical (unpaired) electrons. The molecule has 2 rings (SSSR count). The third-order valence-electron chi connectivity index (χ3n) is 3.92. The molecule has 0 amide bonds. The fourth-order valence-electron chi connectivity index (χ4n) is 2.68. The van der Waals surface area contributed by atoms with Gasteiger partial charge in [0.15, 0.2) is 0 Å². The number of aryl methyl sites for hydroxylation is 1. The predicted molar refractivity (Wildman–Crippen MR) is 81.2 cm³/mol. The van der Waals surface area contributed by atoms with Gasteiger partial charge in [0.1, 0.15) is 5.75 Å². The van der Waals surface area contributed by atoms with E-state index in [1.807, 2.05) is 0 Å². The van der Waals surface area contributed by atoms with Crippen LogP contribution in [0.1, 0.15) is 25.8 Å². The van der Waals surface area contributed by atoms with Gasteiger partial charge in [-0.3, -0.25) is 0 Å². The number of benzene rings is 1. The molecule has 3 nitrogen and oxygen atoms in total. The van der Waals surface area contributed by atoms with E-state index in [1.54, 1.807) is 7.11 Å². The molecule has 1 saturated heterocycles. The third-order valence-corrected chi connectivity index (χ3v) is 3.92. The lowest BCUT2D eigenvalue weighted by Gasteiger charge is -2.33. The van der Waals surface area contributed by atoms with Crippen molar-refractivity contribution in [1.29, 1.82) is 0 Å². The van der Waals surface area contributed by atoms with Gasteiger partial charge in [-0.2, -0.15) is 0 Å². The fourth-order valence-corrected chi connectivity index (χ4v) is 2.68. The van der Waals surface area contributed by atoms with Crippen molar-refractivity contribution in [2.45, 2.75) is 33.2 Å². The number of ether oxygens (including phenoxy) is 1. The third kappa shape index (κ3) is 3.63. The Hall–Kier alpha value is -1.22. The number of hydrogen-bond acceptors (Lipinski definition) is 3. The molecule has 0 bridgehead atoms. The van der Waals surface area contributed by atoms with E-state index in [1.165, 1.54) is 17.7 Å². The summed E-state index contributed by atoms with van der Waals surface area (Å²) in [6.07, 6.45) is 1.19. The summed E-state index contributed by atoms with van der Waals surface area (Å²) in [6.45, 7) is 10.0. The van der Waals surface area contributed by atoms with E-state index < -0.39 is 0 Å². The van der Waals surface area contributed by atoms with Gasteiger partial charge in [0.2, 0.25) is 0 Å². The quantitative estimate of drug-likeness (QED) is 0.887. The topological polar surface area (TPSA) is 24.5 Å². The maximum atomic E-state index is 5.34. The Bertz CT molecular complexity index is 419. The molecule has 0 saturated carbocycles. The predicted octanol–water partition coefficient (Wildman–Crippen LogP) is 2.83. The monoisotopic (exact) mass is 262 g/mol. The van der Waals surface area contributed by atoms with Gasteiger partial charge >= 0.3 is 0 Å². The number of nitrogens with zero attached hydrogens (tertiary/aromatic N) is 1.